The van der Waals surface area contributed by atoms with Gasteiger partial charge in [0.25, 0.3) is 0 Å². The van der Waals surface area contributed by atoms with Crippen LogP contribution in [0.15, 0.2) is 48.5 Å². The minimum absolute atomic E-state index is 0.107. The number of hydrogen-bond acceptors (Lipinski definition) is 3. The first-order chi connectivity index (χ1) is 10.6. The van der Waals surface area contributed by atoms with Crippen LogP contribution < -0.4 is 10.5 Å². The van der Waals surface area contributed by atoms with Gasteiger partial charge in [-0.1, -0.05) is 48.0 Å². The van der Waals surface area contributed by atoms with Crippen LogP contribution >= 0.6 is 11.6 Å². The molecule has 0 saturated carbocycles. The van der Waals surface area contributed by atoms with E-state index < -0.39 is 6.03 Å². The van der Waals surface area contributed by atoms with E-state index in [-0.39, 0.29) is 6.54 Å². The van der Waals surface area contributed by atoms with E-state index in [9.17, 15) is 10.0 Å². The number of nitrogens with two attached hydrogens (primary N) is 1. The van der Waals surface area contributed by atoms with Gasteiger partial charge in [0, 0.05) is 0 Å². The van der Waals surface area contributed by atoms with Crippen molar-refractivity contribution in [3.63, 3.8) is 0 Å². The average molecular weight is 321 g/mol. The third kappa shape index (κ3) is 4.65. The molecule has 116 valence electrons. The van der Waals surface area contributed by atoms with Crippen LogP contribution in [-0.4, -0.2) is 22.8 Å². The third-order valence-electron chi connectivity index (χ3n) is 3.10. The van der Waals surface area contributed by atoms with Gasteiger partial charge in [0.05, 0.1) is 11.6 Å². The monoisotopic (exact) mass is 320 g/mol. The van der Waals surface area contributed by atoms with Crippen molar-refractivity contribution < 1.29 is 14.7 Å². The molecule has 2 aromatic carbocycles. The van der Waals surface area contributed by atoms with Gasteiger partial charge < -0.3 is 10.5 Å². The van der Waals surface area contributed by atoms with Crippen LogP contribution in [0, 0.1) is 0 Å². The predicted octanol–water partition coefficient (Wildman–Crippen LogP) is 3.23. The number of hydrogen-bond donors (Lipinski definition) is 2. The maximum Gasteiger partial charge on any atom is 0.338 e. The first kappa shape index (κ1) is 16.1. The van der Waals surface area contributed by atoms with E-state index in [1.54, 1.807) is 12.1 Å². The second-order valence-electron chi connectivity index (χ2n) is 4.75. The highest BCUT2D eigenvalue weighted by Crippen LogP contribution is 2.26. The molecule has 0 radical (unpaired) electrons. The number of ether oxygens (including phenoxy) is 1. The molecule has 0 saturated heterocycles. The Morgan fingerprint density at radius 2 is 1.91 bits per heavy atom. The third-order valence-corrected chi connectivity index (χ3v) is 3.40. The van der Waals surface area contributed by atoms with Crippen molar-refractivity contribution in [2.45, 2.75) is 13.0 Å². The maximum atomic E-state index is 10.7. The number of urea groups is 1. The van der Waals surface area contributed by atoms with Crippen LogP contribution in [0.5, 0.6) is 5.75 Å². The van der Waals surface area contributed by atoms with Gasteiger partial charge in [-0.2, -0.15) is 0 Å². The number of primary amides is 1. The SMILES string of the molecule is NC(=O)N(O)CCc1ccc(OCc2ccccc2)c(Cl)c1. The van der Waals surface area contributed by atoms with Gasteiger partial charge in [0.1, 0.15) is 12.4 Å². The minimum Gasteiger partial charge on any atom is -0.487 e. The van der Waals surface area contributed by atoms with Crippen LogP contribution in [0.2, 0.25) is 5.02 Å². The van der Waals surface area contributed by atoms with E-state index >= 15 is 0 Å². The van der Waals surface area contributed by atoms with Crippen LogP contribution in [0.4, 0.5) is 4.79 Å². The number of carbonyl (C=O) groups is 1. The lowest BCUT2D eigenvalue weighted by atomic mass is 10.1. The summed E-state index contributed by atoms with van der Waals surface area (Å²) in [4.78, 5) is 10.7. The summed E-state index contributed by atoms with van der Waals surface area (Å²) in [6.07, 6.45) is 0.443. The standard InChI is InChI=1S/C16H17ClN2O3/c17-14-10-12(8-9-19(21)16(18)20)6-7-15(14)22-11-13-4-2-1-3-5-13/h1-7,10,21H,8-9,11H2,(H2,18,20). The summed E-state index contributed by atoms with van der Waals surface area (Å²) in [6, 6.07) is 14.3. The average Bonchev–Trinajstić information content (AvgIpc) is 2.52. The fourth-order valence-corrected chi connectivity index (χ4v) is 2.16. The molecule has 0 bridgehead atoms. The molecular formula is C16H17ClN2O3. The summed E-state index contributed by atoms with van der Waals surface area (Å²) in [5.74, 6) is 0.588. The molecule has 0 aromatic heterocycles. The molecule has 22 heavy (non-hydrogen) atoms. The Balaban J connectivity index is 1.93. The first-order valence-electron chi connectivity index (χ1n) is 6.77. The van der Waals surface area contributed by atoms with E-state index in [1.807, 2.05) is 36.4 Å². The smallest absolute Gasteiger partial charge is 0.338 e. The van der Waals surface area contributed by atoms with E-state index in [2.05, 4.69) is 0 Å². The Hall–Kier alpha value is -2.24. The van der Waals surface area contributed by atoms with Gasteiger partial charge >= 0.3 is 6.03 Å². The zero-order valence-electron chi connectivity index (χ0n) is 11.9. The van der Waals surface area contributed by atoms with Gasteiger partial charge in [-0.25, -0.2) is 9.86 Å². The zero-order valence-corrected chi connectivity index (χ0v) is 12.7. The van der Waals surface area contributed by atoms with Crippen LogP contribution in [0.3, 0.4) is 0 Å². The molecule has 6 heteroatoms. The van der Waals surface area contributed by atoms with Crippen molar-refractivity contribution in [3.05, 3.63) is 64.7 Å². The molecule has 0 unspecified atom stereocenters. The van der Waals surface area contributed by atoms with Gasteiger partial charge in [-0.05, 0) is 29.7 Å². The lowest BCUT2D eigenvalue weighted by molar-refractivity contribution is -0.0382. The topological polar surface area (TPSA) is 75.8 Å². The highest BCUT2D eigenvalue weighted by molar-refractivity contribution is 6.32. The number of halogens is 1. The molecule has 0 heterocycles. The van der Waals surface area contributed by atoms with E-state index in [1.165, 1.54) is 0 Å². The number of nitrogens with zero attached hydrogens (tertiary/aromatic N) is 1. The fraction of sp³-hybridized carbons (Fsp3) is 0.188. The molecule has 2 aromatic rings. The highest BCUT2D eigenvalue weighted by atomic mass is 35.5. The normalized spacial score (nSPS) is 10.3. The summed E-state index contributed by atoms with van der Waals surface area (Å²) in [7, 11) is 0. The molecule has 0 fully saturated rings. The van der Waals surface area contributed by atoms with Crippen LogP contribution in [0.25, 0.3) is 0 Å². The number of hydroxylamine groups is 2. The predicted molar refractivity (Wildman–Crippen MR) is 84.0 cm³/mol. The van der Waals surface area contributed by atoms with Crippen molar-refractivity contribution in [2.24, 2.45) is 5.73 Å². The van der Waals surface area contributed by atoms with Crippen molar-refractivity contribution in [2.75, 3.05) is 6.54 Å². The molecule has 2 rings (SSSR count). The Morgan fingerprint density at radius 1 is 1.18 bits per heavy atom. The summed E-state index contributed by atoms with van der Waals surface area (Å²) < 4.78 is 5.68. The number of benzene rings is 2. The molecule has 0 aliphatic carbocycles. The van der Waals surface area contributed by atoms with Crippen molar-refractivity contribution in [1.29, 1.82) is 0 Å². The molecule has 0 atom stereocenters. The number of rotatable bonds is 6. The van der Waals surface area contributed by atoms with Gasteiger partial charge in [0.15, 0.2) is 0 Å². The summed E-state index contributed by atoms with van der Waals surface area (Å²) in [6.45, 7) is 0.544. The molecule has 5 nitrogen and oxygen atoms in total. The molecule has 0 aliphatic heterocycles. The summed E-state index contributed by atoms with van der Waals surface area (Å²) in [5.41, 5.74) is 6.87. The molecular weight excluding hydrogens is 304 g/mol. The van der Waals surface area contributed by atoms with Crippen molar-refractivity contribution in [3.8, 4) is 5.75 Å². The first-order valence-corrected chi connectivity index (χ1v) is 7.15. The quantitative estimate of drug-likeness (QED) is 0.633. The van der Waals surface area contributed by atoms with Gasteiger partial charge in [-0.15, -0.1) is 0 Å². The van der Waals surface area contributed by atoms with Crippen LogP contribution in [-0.2, 0) is 13.0 Å². The summed E-state index contributed by atoms with van der Waals surface area (Å²) in [5, 5.41) is 10.2. The lowest BCUT2D eigenvalue weighted by Crippen LogP contribution is -2.34. The van der Waals surface area contributed by atoms with Gasteiger partial charge in [0.2, 0.25) is 0 Å². The molecule has 0 aliphatic rings. The van der Waals surface area contributed by atoms with Crippen molar-refractivity contribution >= 4 is 17.6 Å². The second-order valence-corrected chi connectivity index (χ2v) is 5.16. The van der Waals surface area contributed by atoms with Gasteiger partial charge in [-0.3, -0.25) is 5.21 Å². The highest BCUT2D eigenvalue weighted by Gasteiger charge is 2.08. The Morgan fingerprint density at radius 3 is 2.55 bits per heavy atom. The molecule has 2 amide bonds. The van der Waals surface area contributed by atoms with E-state index in [0.29, 0.717) is 28.9 Å². The Kier molecular flexibility index (Phi) is 5.63. The number of amides is 2. The lowest BCUT2D eigenvalue weighted by Gasteiger charge is -2.13. The number of carbonyl (C=O) groups excluding carboxylic acids is 1. The fourth-order valence-electron chi connectivity index (χ4n) is 1.90. The second kappa shape index (κ2) is 7.68. The van der Waals surface area contributed by atoms with Crippen LogP contribution in [0.1, 0.15) is 11.1 Å². The Bertz CT molecular complexity index is 635. The summed E-state index contributed by atoms with van der Waals surface area (Å²) >= 11 is 6.18. The van der Waals surface area contributed by atoms with E-state index in [4.69, 9.17) is 22.1 Å². The minimum atomic E-state index is -0.881. The van der Waals surface area contributed by atoms with Crippen molar-refractivity contribution in [1.82, 2.24) is 5.06 Å². The molecule has 0 spiro atoms. The zero-order chi connectivity index (χ0) is 15.9. The largest absolute Gasteiger partial charge is 0.487 e. The van der Waals surface area contributed by atoms with E-state index in [0.717, 1.165) is 11.1 Å². The Labute approximate surface area is 133 Å². The molecule has 3 N–H and O–H groups in total. The maximum absolute atomic E-state index is 10.7.